The average molecular weight is 391 g/mol. The largest absolute Gasteiger partial charge is 0.339 e. The molecular weight excluding hydrogens is 368 g/mol. The number of nitrogens with zero attached hydrogens (tertiary/aromatic N) is 1. The molecule has 0 aromatic heterocycles. The molecule has 0 saturated heterocycles. The van der Waals surface area contributed by atoms with Crippen LogP contribution in [0.4, 0.5) is 17.1 Å². The lowest BCUT2D eigenvalue weighted by Gasteiger charge is -2.29. The van der Waals surface area contributed by atoms with Crippen molar-refractivity contribution in [2.75, 3.05) is 10.2 Å². The summed E-state index contributed by atoms with van der Waals surface area (Å²) < 4.78 is 0. The van der Waals surface area contributed by atoms with Crippen LogP contribution in [0.1, 0.15) is 19.4 Å². The Morgan fingerprint density at radius 3 is 2.11 bits per heavy atom. The summed E-state index contributed by atoms with van der Waals surface area (Å²) in [4.78, 5) is 14.4. The third-order valence-corrected chi connectivity index (χ3v) is 4.51. The Kier molecular flexibility index (Phi) is 6.51. The number of carbonyl (C=O) groups excluding carboxylic acids is 1. The molecule has 3 rings (SSSR count). The molecule has 0 aliphatic carbocycles. The van der Waals surface area contributed by atoms with Gasteiger partial charge in [0.1, 0.15) is 0 Å². The van der Waals surface area contributed by atoms with Crippen molar-refractivity contribution >= 4 is 40.6 Å². The fourth-order valence-corrected chi connectivity index (χ4v) is 3.10. The Labute approximate surface area is 171 Å². The Bertz CT molecular complexity index is 933. The molecule has 0 radical (unpaired) electrons. The number of amides is 1. The second-order valence-electron chi connectivity index (χ2n) is 6.72. The maximum Gasteiger partial charge on any atom is 0.248 e. The van der Waals surface area contributed by atoms with Crippen LogP contribution in [-0.2, 0) is 4.79 Å². The SMILES string of the molecule is CC(C)N(c1ccccc1)c1ccc(NC(=O)/C=C/c2ccc(Cl)cc2)cc1. The normalized spacial score (nSPS) is 11.0. The van der Waals surface area contributed by atoms with Crippen molar-refractivity contribution < 1.29 is 4.79 Å². The zero-order valence-electron chi connectivity index (χ0n) is 16.0. The quantitative estimate of drug-likeness (QED) is 0.484. The minimum atomic E-state index is -0.175. The van der Waals surface area contributed by atoms with Crippen LogP contribution < -0.4 is 10.2 Å². The van der Waals surface area contributed by atoms with Gasteiger partial charge in [-0.15, -0.1) is 0 Å². The van der Waals surface area contributed by atoms with E-state index in [0.29, 0.717) is 11.1 Å². The first-order valence-corrected chi connectivity index (χ1v) is 9.60. The Morgan fingerprint density at radius 1 is 0.893 bits per heavy atom. The van der Waals surface area contributed by atoms with Gasteiger partial charge in [0.2, 0.25) is 5.91 Å². The highest BCUT2D eigenvalue weighted by molar-refractivity contribution is 6.30. The summed E-state index contributed by atoms with van der Waals surface area (Å²) >= 11 is 5.87. The van der Waals surface area contributed by atoms with Gasteiger partial charge in [-0.1, -0.05) is 41.9 Å². The van der Waals surface area contributed by atoms with Crippen molar-refractivity contribution in [1.82, 2.24) is 0 Å². The molecule has 0 saturated carbocycles. The molecule has 0 aliphatic heterocycles. The standard InChI is InChI=1S/C24H23ClN2O/c1-18(2)27(22-6-4-3-5-7-22)23-15-13-21(14-16-23)26-24(28)17-10-19-8-11-20(25)12-9-19/h3-18H,1-2H3,(H,26,28)/b17-10+. The molecule has 0 spiro atoms. The molecule has 1 amide bonds. The van der Waals surface area contributed by atoms with E-state index in [1.165, 1.54) is 6.08 Å². The molecule has 0 heterocycles. The van der Waals surface area contributed by atoms with Crippen LogP contribution >= 0.6 is 11.6 Å². The van der Waals surface area contributed by atoms with Gasteiger partial charge in [0.25, 0.3) is 0 Å². The average Bonchev–Trinajstić information content (AvgIpc) is 2.70. The van der Waals surface area contributed by atoms with Crippen LogP contribution in [-0.4, -0.2) is 11.9 Å². The first kappa shape index (κ1) is 19.7. The zero-order valence-corrected chi connectivity index (χ0v) is 16.7. The van der Waals surface area contributed by atoms with Crippen LogP contribution in [0.15, 0.2) is 84.9 Å². The van der Waals surface area contributed by atoms with Gasteiger partial charge in [0.05, 0.1) is 0 Å². The molecule has 4 heteroatoms. The maximum atomic E-state index is 12.2. The van der Waals surface area contributed by atoms with E-state index in [2.05, 4.69) is 36.2 Å². The fourth-order valence-electron chi connectivity index (χ4n) is 2.97. The van der Waals surface area contributed by atoms with Crippen molar-refractivity contribution in [3.05, 3.63) is 95.5 Å². The summed E-state index contributed by atoms with van der Waals surface area (Å²) in [6.07, 6.45) is 3.28. The number of carbonyl (C=O) groups is 1. The fraction of sp³-hybridized carbons (Fsp3) is 0.125. The zero-order chi connectivity index (χ0) is 19.9. The summed E-state index contributed by atoms with van der Waals surface area (Å²) in [5, 5.41) is 3.56. The van der Waals surface area contributed by atoms with E-state index >= 15 is 0 Å². The van der Waals surface area contributed by atoms with E-state index in [4.69, 9.17) is 11.6 Å². The molecule has 142 valence electrons. The Hall–Kier alpha value is -3.04. The van der Waals surface area contributed by atoms with E-state index in [0.717, 1.165) is 22.6 Å². The van der Waals surface area contributed by atoms with Crippen LogP contribution in [0.3, 0.4) is 0 Å². The first-order valence-electron chi connectivity index (χ1n) is 9.22. The molecule has 0 bridgehead atoms. The van der Waals surface area contributed by atoms with Gasteiger partial charge in [-0.05, 0) is 74.0 Å². The number of halogens is 1. The van der Waals surface area contributed by atoms with E-state index in [-0.39, 0.29) is 5.91 Å². The summed E-state index contributed by atoms with van der Waals surface area (Å²) in [6, 6.07) is 25.8. The third kappa shape index (κ3) is 5.24. The van der Waals surface area contributed by atoms with Crippen molar-refractivity contribution in [3.8, 4) is 0 Å². The van der Waals surface area contributed by atoms with Crippen LogP contribution in [0.2, 0.25) is 5.02 Å². The van der Waals surface area contributed by atoms with Gasteiger partial charge in [0, 0.05) is 34.2 Å². The van der Waals surface area contributed by atoms with Gasteiger partial charge in [-0.3, -0.25) is 4.79 Å². The second kappa shape index (κ2) is 9.25. The Balaban J connectivity index is 1.68. The van der Waals surface area contributed by atoms with Crippen LogP contribution in [0.25, 0.3) is 6.08 Å². The molecule has 28 heavy (non-hydrogen) atoms. The molecule has 3 aromatic rings. The lowest BCUT2D eigenvalue weighted by molar-refractivity contribution is -0.111. The summed E-state index contributed by atoms with van der Waals surface area (Å²) in [5.41, 5.74) is 3.90. The Morgan fingerprint density at radius 2 is 1.50 bits per heavy atom. The number of anilines is 3. The first-order chi connectivity index (χ1) is 13.5. The number of rotatable bonds is 6. The lowest BCUT2D eigenvalue weighted by atomic mass is 10.1. The lowest BCUT2D eigenvalue weighted by Crippen LogP contribution is -2.25. The summed E-state index contributed by atoms with van der Waals surface area (Å²) in [6.45, 7) is 4.31. The van der Waals surface area contributed by atoms with E-state index in [1.807, 2.05) is 54.6 Å². The van der Waals surface area contributed by atoms with Crippen LogP contribution in [0, 0.1) is 0 Å². The summed E-state index contributed by atoms with van der Waals surface area (Å²) in [7, 11) is 0. The minimum Gasteiger partial charge on any atom is -0.339 e. The van der Waals surface area contributed by atoms with E-state index < -0.39 is 0 Å². The predicted octanol–water partition coefficient (Wildman–Crippen LogP) is 6.54. The van der Waals surface area contributed by atoms with Gasteiger partial charge in [-0.25, -0.2) is 0 Å². The molecule has 1 N–H and O–H groups in total. The molecule has 0 atom stereocenters. The number of benzene rings is 3. The molecule has 3 aromatic carbocycles. The number of nitrogens with one attached hydrogen (secondary N) is 1. The highest BCUT2D eigenvalue weighted by Crippen LogP contribution is 2.28. The molecule has 0 fully saturated rings. The van der Waals surface area contributed by atoms with Gasteiger partial charge in [-0.2, -0.15) is 0 Å². The van der Waals surface area contributed by atoms with Gasteiger partial charge >= 0.3 is 0 Å². The van der Waals surface area contributed by atoms with E-state index in [1.54, 1.807) is 18.2 Å². The monoisotopic (exact) mass is 390 g/mol. The number of hydrogen-bond acceptors (Lipinski definition) is 2. The van der Waals surface area contributed by atoms with Crippen molar-refractivity contribution in [1.29, 1.82) is 0 Å². The van der Waals surface area contributed by atoms with Gasteiger partial charge in [0.15, 0.2) is 0 Å². The van der Waals surface area contributed by atoms with E-state index in [9.17, 15) is 4.79 Å². The highest BCUT2D eigenvalue weighted by atomic mass is 35.5. The third-order valence-electron chi connectivity index (χ3n) is 4.26. The number of hydrogen-bond donors (Lipinski definition) is 1. The predicted molar refractivity (Wildman–Crippen MR) is 119 cm³/mol. The topological polar surface area (TPSA) is 32.3 Å². The second-order valence-corrected chi connectivity index (χ2v) is 7.16. The highest BCUT2D eigenvalue weighted by Gasteiger charge is 2.12. The van der Waals surface area contributed by atoms with Crippen molar-refractivity contribution in [3.63, 3.8) is 0 Å². The minimum absolute atomic E-state index is 0.175. The molecular formula is C24H23ClN2O. The molecule has 3 nitrogen and oxygen atoms in total. The molecule has 0 unspecified atom stereocenters. The smallest absolute Gasteiger partial charge is 0.248 e. The van der Waals surface area contributed by atoms with Crippen molar-refractivity contribution in [2.24, 2.45) is 0 Å². The van der Waals surface area contributed by atoms with Crippen molar-refractivity contribution in [2.45, 2.75) is 19.9 Å². The number of para-hydroxylation sites is 1. The molecule has 0 aliphatic rings. The van der Waals surface area contributed by atoms with Crippen LogP contribution in [0.5, 0.6) is 0 Å². The maximum absolute atomic E-state index is 12.2. The van der Waals surface area contributed by atoms with Gasteiger partial charge < -0.3 is 10.2 Å². The summed E-state index contributed by atoms with van der Waals surface area (Å²) in [5.74, 6) is -0.175.